The average molecular weight is 309 g/mol. The van der Waals surface area contributed by atoms with Crippen molar-refractivity contribution in [3.63, 3.8) is 0 Å². The van der Waals surface area contributed by atoms with E-state index in [0.29, 0.717) is 6.04 Å². The van der Waals surface area contributed by atoms with Crippen molar-refractivity contribution in [3.05, 3.63) is 28.8 Å². The summed E-state index contributed by atoms with van der Waals surface area (Å²) in [4.78, 5) is 2.51. The number of hydrogen-bond acceptors (Lipinski definition) is 2. The smallest absolute Gasteiger partial charge is 0.0459 e. The summed E-state index contributed by atoms with van der Waals surface area (Å²) in [7, 11) is 0. The maximum atomic E-state index is 6.49. The van der Waals surface area contributed by atoms with Gasteiger partial charge in [0.1, 0.15) is 0 Å². The Kier molecular flexibility index (Phi) is 5.56. The van der Waals surface area contributed by atoms with Crippen molar-refractivity contribution in [1.29, 1.82) is 0 Å². The van der Waals surface area contributed by atoms with Crippen LogP contribution in [0.3, 0.4) is 0 Å². The summed E-state index contributed by atoms with van der Waals surface area (Å²) in [5.74, 6) is 1.46. The second kappa shape index (κ2) is 7.02. The molecule has 0 aromatic heterocycles. The highest BCUT2D eigenvalue weighted by Gasteiger charge is 2.29. The van der Waals surface area contributed by atoms with Crippen LogP contribution in [0.4, 0.5) is 5.69 Å². The van der Waals surface area contributed by atoms with Gasteiger partial charge in [-0.2, -0.15) is 0 Å². The average Bonchev–Trinajstić information content (AvgIpc) is 2.44. The number of nitrogens with two attached hydrogens (primary N) is 1. The van der Waals surface area contributed by atoms with E-state index in [2.05, 4.69) is 50.8 Å². The van der Waals surface area contributed by atoms with Gasteiger partial charge >= 0.3 is 0 Å². The monoisotopic (exact) mass is 308 g/mol. The topological polar surface area (TPSA) is 29.3 Å². The Bertz CT molecular complexity index is 474. The molecule has 1 aliphatic heterocycles. The van der Waals surface area contributed by atoms with Gasteiger partial charge in [0, 0.05) is 29.3 Å². The van der Waals surface area contributed by atoms with E-state index in [9.17, 15) is 0 Å². The van der Waals surface area contributed by atoms with Gasteiger partial charge in [-0.3, -0.25) is 0 Å². The summed E-state index contributed by atoms with van der Waals surface area (Å²) >= 11 is 6.49. The summed E-state index contributed by atoms with van der Waals surface area (Å²) in [6.45, 7) is 10.3. The van der Waals surface area contributed by atoms with Gasteiger partial charge in [0.25, 0.3) is 0 Å². The zero-order chi connectivity index (χ0) is 15.6. The minimum absolute atomic E-state index is 0.197. The van der Waals surface area contributed by atoms with Crippen LogP contribution in [0.1, 0.15) is 46.1 Å². The predicted octanol–water partition coefficient (Wildman–Crippen LogP) is 4.49. The molecule has 3 heteroatoms. The quantitative estimate of drug-likeness (QED) is 0.888. The molecule has 1 saturated heterocycles. The summed E-state index contributed by atoms with van der Waals surface area (Å²) in [6, 6.07) is 7.26. The Hall–Kier alpha value is -0.730. The molecule has 1 aromatic carbocycles. The van der Waals surface area contributed by atoms with Crippen molar-refractivity contribution in [1.82, 2.24) is 0 Å². The Morgan fingerprint density at radius 1 is 1.33 bits per heavy atom. The van der Waals surface area contributed by atoms with E-state index in [-0.39, 0.29) is 6.04 Å². The van der Waals surface area contributed by atoms with E-state index in [0.717, 1.165) is 36.2 Å². The molecule has 4 unspecified atom stereocenters. The molecule has 118 valence electrons. The van der Waals surface area contributed by atoms with Crippen LogP contribution in [0, 0.1) is 11.8 Å². The molecule has 0 bridgehead atoms. The van der Waals surface area contributed by atoms with Crippen LogP contribution in [0.2, 0.25) is 5.02 Å². The molecule has 0 saturated carbocycles. The van der Waals surface area contributed by atoms with Gasteiger partial charge in [0.2, 0.25) is 0 Å². The van der Waals surface area contributed by atoms with Gasteiger partial charge in [-0.05, 0) is 55.7 Å². The zero-order valence-electron chi connectivity index (χ0n) is 13.8. The Morgan fingerprint density at radius 2 is 2.05 bits per heavy atom. The van der Waals surface area contributed by atoms with Crippen molar-refractivity contribution >= 4 is 17.3 Å². The van der Waals surface area contributed by atoms with Crippen LogP contribution in [0.25, 0.3) is 0 Å². The van der Waals surface area contributed by atoms with Gasteiger partial charge in [-0.1, -0.05) is 38.4 Å². The molecular formula is C18H29ClN2. The Labute approximate surface area is 134 Å². The van der Waals surface area contributed by atoms with Crippen LogP contribution in [-0.2, 0) is 6.42 Å². The van der Waals surface area contributed by atoms with Gasteiger partial charge in [-0.25, -0.2) is 0 Å². The lowest BCUT2D eigenvalue weighted by Gasteiger charge is -2.42. The summed E-state index contributed by atoms with van der Waals surface area (Å²) in [6.07, 6.45) is 3.16. The molecule has 0 aliphatic carbocycles. The first kappa shape index (κ1) is 16.6. The molecule has 0 spiro atoms. The second-order valence-corrected chi connectivity index (χ2v) is 7.27. The van der Waals surface area contributed by atoms with E-state index in [1.165, 1.54) is 17.7 Å². The molecule has 21 heavy (non-hydrogen) atoms. The van der Waals surface area contributed by atoms with Crippen molar-refractivity contribution in [2.75, 3.05) is 11.4 Å². The van der Waals surface area contributed by atoms with E-state index < -0.39 is 0 Å². The Morgan fingerprint density at radius 3 is 2.67 bits per heavy atom. The fourth-order valence-corrected chi connectivity index (χ4v) is 3.62. The molecule has 1 fully saturated rings. The van der Waals surface area contributed by atoms with Crippen molar-refractivity contribution in [3.8, 4) is 0 Å². The fourth-order valence-electron chi connectivity index (χ4n) is 3.36. The molecule has 1 heterocycles. The van der Waals surface area contributed by atoms with Crippen molar-refractivity contribution in [2.24, 2.45) is 17.6 Å². The number of benzene rings is 1. The standard InChI is InChI=1S/C18H29ClN2/c1-5-16(20)9-15-6-7-17(10-18(15)19)21-11-12(2)8-13(3)14(21)4/h6-7,10,12-14,16H,5,8-9,11,20H2,1-4H3. The molecule has 2 rings (SSSR count). The highest BCUT2D eigenvalue weighted by atomic mass is 35.5. The molecule has 2 nitrogen and oxygen atoms in total. The third-order valence-corrected chi connectivity index (χ3v) is 5.32. The van der Waals surface area contributed by atoms with Crippen LogP contribution in [-0.4, -0.2) is 18.6 Å². The lowest BCUT2D eigenvalue weighted by atomic mass is 9.85. The van der Waals surface area contributed by atoms with Crippen LogP contribution < -0.4 is 10.6 Å². The lowest BCUT2D eigenvalue weighted by Crippen LogP contribution is -2.45. The maximum Gasteiger partial charge on any atom is 0.0459 e. The zero-order valence-corrected chi connectivity index (χ0v) is 14.5. The number of piperidine rings is 1. The first-order valence-electron chi connectivity index (χ1n) is 8.23. The lowest BCUT2D eigenvalue weighted by molar-refractivity contribution is 0.297. The van der Waals surface area contributed by atoms with Crippen LogP contribution >= 0.6 is 11.6 Å². The van der Waals surface area contributed by atoms with E-state index in [1.807, 2.05) is 0 Å². The Balaban J connectivity index is 2.19. The molecule has 2 N–H and O–H groups in total. The number of anilines is 1. The molecule has 0 radical (unpaired) electrons. The second-order valence-electron chi connectivity index (χ2n) is 6.86. The highest BCUT2D eigenvalue weighted by Crippen LogP contribution is 2.33. The van der Waals surface area contributed by atoms with Gasteiger partial charge in [-0.15, -0.1) is 0 Å². The number of rotatable bonds is 4. The van der Waals surface area contributed by atoms with E-state index >= 15 is 0 Å². The van der Waals surface area contributed by atoms with Crippen LogP contribution in [0.5, 0.6) is 0 Å². The third kappa shape index (κ3) is 3.92. The number of hydrogen-bond donors (Lipinski definition) is 1. The van der Waals surface area contributed by atoms with E-state index in [4.69, 9.17) is 17.3 Å². The first-order chi connectivity index (χ1) is 9.92. The maximum absolute atomic E-state index is 6.49. The third-order valence-electron chi connectivity index (χ3n) is 4.97. The molecule has 4 atom stereocenters. The summed E-state index contributed by atoms with van der Waals surface area (Å²) < 4.78 is 0. The molecular weight excluding hydrogens is 280 g/mol. The van der Waals surface area contributed by atoms with Crippen molar-refractivity contribution < 1.29 is 0 Å². The van der Waals surface area contributed by atoms with Crippen molar-refractivity contribution in [2.45, 2.75) is 59.0 Å². The van der Waals surface area contributed by atoms with Gasteiger partial charge in [0.15, 0.2) is 0 Å². The van der Waals surface area contributed by atoms with Gasteiger partial charge in [0.05, 0.1) is 0 Å². The molecule has 0 amide bonds. The molecule has 1 aromatic rings. The first-order valence-corrected chi connectivity index (χ1v) is 8.60. The SMILES string of the molecule is CCC(N)Cc1ccc(N2CC(C)CC(C)C2C)cc1Cl. The highest BCUT2D eigenvalue weighted by molar-refractivity contribution is 6.31. The summed E-state index contributed by atoms with van der Waals surface area (Å²) in [5, 5.41) is 0.856. The summed E-state index contributed by atoms with van der Waals surface area (Å²) in [5.41, 5.74) is 8.46. The van der Waals surface area contributed by atoms with Gasteiger partial charge < -0.3 is 10.6 Å². The minimum Gasteiger partial charge on any atom is -0.368 e. The minimum atomic E-state index is 0.197. The van der Waals surface area contributed by atoms with E-state index in [1.54, 1.807) is 0 Å². The number of nitrogens with zero attached hydrogens (tertiary/aromatic N) is 1. The molecule has 1 aliphatic rings. The normalized spacial score (nSPS) is 27.7. The predicted molar refractivity (Wildman–Crippen MR) is 93.2 cm³/mol. The number of halogens is 1. The largest absolute Gasteiger partial charge is 0.368 e. The van der Waals surface area contributed by atoms with Crippen LogP contribution in [0.15, 0.2) is 18.2 Å². The fraction of sp³-hybridized carbons (Fsp3) is 0.667.